The maximum Gasteiger partial charge on any atom is 0.140 e. The summed E-state index contributed by atoms with van der Waals surface area (Å²) in [5.41, 5.74) is 1.53. The van der Waals surface area contributed by atoms with Crippen molar-refractivity contribution in [2.24, 2.45) is 11.3 Å². The Kier molecular flexibility index (Phi) is 4.36. The summed E-state index contributed by atoms with van der Waals surface area (Å²) in [6.45, 7) is 12.1. The fourth-order valence-electron chi connectivity index (χ4n) is 1.22. The van der Waals surface area contributed by atoms with Crippen LogP contribution in [0, 0.1) is 18.3 Å². The number of aromatic nitrogens is 1. The number of pyridine rings is 1. The van der Waals surface area contributed by atoms with Crippen molar-refractivity contribution in [3.63, 3.8) is 0 Å². The largest absolute Gasteiger partial charge is 0.369 e. The van der Waals surface area contributed by atoms with Crippen molar-refractivity contribution >= 4 is 21.7 Å². The molecule has 0 saturated carbocycles. The second kappa shape index (κ2) is 5.17. The molecule has 16 heavy (non-hydrogen) atoms. The lowest BCUT2D eigenvalue weighted by molar-refractivity contribution is 0.274. The quantitative estimate of drug-likeness (QED) is 0.898. The van der Waals surface area contributed by atoms with Crippen molar-refractivity contribution < 1.29 is 0 Å². The molecule has 1 aromatic rings. The Labute approximate surface area is 107 Å². The van der Waals surface area contributed by atoms with Crippen LogP contribution in [0.3, 0.4) is 0 Å². The summed E-state index contributed by atoms with van der Waals surface area (Å²) in [6, 6.07) is 2.00. The lowest BCUT2D eigenvalue weighted by Crippen LogP contribution is -2.25. The van der Waals surface area contributed by atoms with E-state index in [9.17, 15) is 0 Å². The van der Waals surface area contributed by atoms with E-state index in [4.69, 9.17) is 0 Å². The van der Waals surface area contributed by atoms with E-state index in [-0.39, 0.29) is 0 Å². The van der Waals surface area contributed by atoms with E-state index >= 15 is 0 Å². The van der Waals surface area contributed by atoms with Crippen molar-refractivity contribution in [1.82, 2.24) is 4.98 Å². The van der Waals surface area contributed by atoms with Crippen LogP contribution in [0.1, 0.15) is 33.3 Å². The first-order chi connectivity index (χ1) is 7.32. The zero-order valence-corrected chi connectivity index (χ0v) is 12.4. The summed E-state index contributed by atoms with van der Waals surface area (Å²) in [5.74, 6) is 1.54. The molecule has 2 nitrogen and oxygen atoms in total. The van der Waals surface area contributed by atoms with Crippen LogP contribution < -0.4 is 5.32 Å². The molecule has 3 heteroatoms. The van der Waals surface area contributed by atoms with Gasteiger partial charge in [-0.25, -0.2) is 4.98 Å². The zero-order chi connectivity index (χ0) is 12.3. The Morgan fingerprint density at radius 3 is 2.62 bits per heavy atom. The Morgan fingerprint density at radius 2 is 2.06 bits per heavy atom. The molecule has 1 N–H and O–H groups in total. The predicted molar refractivity (Wildman–Crippen MR) is 73.8 cm³/mol. The van der Waals surface area contributed by atoms with E-state index in [0.29, 0.717) is 11.3 Å². The fourth-order valence-corrected chi connectivity index (χ4v) is 1.59. The highest BCUT2D eigenvalue weighted by Gasteiger charge is 2.19. The molecule has 0 amide bonds. The molecule has 1 atom stereocenters. The topological polar surface area (TPSA) is 24.9 Å². The summed E-state index contributed by atoms with van der Waals surface area (Å²) >= 11 is 3.56. The highest BCUT2D eigenvalue weighted by Crippen LogP contribution is 2.27. The van der Waals surface area contributed by atoms with Gasteiger partial charge in [-0.3, -0.25) is 0 Å². The van der Waals surface area contributed by atoms with Crippen LogP contribution in [-0.4, -0.2) is 11.5 Å². The van der Waals surface area contributed by atoms with Crippen molar-refractivity contribution in [1.29, 1.82) is 0 Å². The Balaban J connectivity index is 2.65. The minimum atomic E-state index is 0.323. The summed E-state index contributed by atoms with van der Waals surface area (Å²) in [6.07, 6.45) is 1.84. The molecule has 1 heterocycles. The molecule has 1 rings (SSSR count). The first-order valence-electron chi connectivity index (χ1n) is 5.67. The molecule has 0 saturated heterocycles. The van der Waals surface area contributed by atoms with E-state index in [1.165, 1.54) is 5.56 Å². The van der Waals surface area contributed by atoms with Crippen molar-refractivity contribution in [2.45, 2.75) is 34.6 Å². The van der Waals surface area contributed by atoms with Gasteiger partial charge in [0, 0.05) is 12.7 Å². The summed E-state index contributed by atoms with van der Waals surface area (Å²) in [4.78, 5) is 4.34. The Bertz CT molecular complexity index is 355. The van der Waals surface area contributed by atoms with Gasteiger partial charge in [0.15, 0.2) is 0 Å². The van der Waals surface area contributed by atoms with Gasteiger partial charge in [-0.1, -0.05) is 27.7 Å². The molecule has 0 bridgehead atoms. The third kappa shape index (κ3) is 3.48. The van der Waals surface area contributed by atoms with Gasteiger partial charge in [-0.05, 0) is 45.8 Å². The molecule has 1 unspecified atom stereocenters. The lowest BCUT2D eigenvalue weighted by atomic mass is 9.82. The van der Waals surface area contributed by atoms with E-state index < -0.39 is 0 Å². The van der Waals surface area contributed by atoms with Crippen LogP contribution in [0.15, 0.2) is 16.7 Å². The van der Waals surface area contributed by atoms with Crippen molar-refractivity contribution in [3.8, 4) is 0 Å². The highest BCUT2D eigenvalue weighted by atomic mass is 79.9. The zero-order valence-electron chi connectivity index (χ0n) is 10.8. The van der Waals surface area contributed by atoms with Crippen LogP contribution in [0.5, 0.6) is 0 Å². The van der Waals surface area contributed by atoms with Crippen LogP contribution in [0.4, 0.5) is 5.82 Å². The fraction of sp³-hybridized carbons (Fsp3) is 0.615. The van der Waals surface area contributed by atoms with E-state index in [2.05, 4.69) is 60.8 Å². The second-order valence-corrected chi connectivity index (χ2v) is 6.23. The number of rotatable bonds is 3. The molecule has 0 aliphatic carbocycles. The normalized spacial score (nSPS) is 13.6. The highest BCUT2D eigenvalue weighted by molar-refractivity contribution is 9.10. The van der Waals surface area contributed by atoms with Crippen molar-refractivity contribution in [3.05, 3.63) is 22.3 Å². The van der Waals surface area contributed by atoms with Gasteiger partial charge in [0.25, 0.3) is 0 Å². The average molecular weight is 285 g/mol. The number of nitrogens with zero attached hydrogens (tertiary/aromatic N) is 1. The number of aryl methyl sites for hydroxylation is 1. The maximum absolute atomic E-state index is 4.34. The third-order valence-corrected chi connectivity index (χ3v) is 4.14. The Morgan fingerprint density at radius 1 is 1.44 bits per heavy atom. The van der Waals surface area contributed by atoms with Gasteiger partial charge in [-0.15, -0.1) is 0 Å². The lowest BCUT2D eigenvalue weighted by Gasteiger charge is -2.27. The third-order valence-electron chi connectivity index (χ3n) is 3.14. The molecule has 0 spiro atoms. The second-order valence-electron chi connectivity index (χ2n) is 5.44. The molecular weight excluding hydrogens is 264 g/mol. The van der Waals surface area contributed by atoms with Gasteiger partial charge in [0.1, 0.15) is 5.82 Å². The number of hydrogen-bond acceptors (Lipinski definition) is 2. The van der Waals surface area contributed by atoms with E-state index in [1.807, 2.05) is 12.3 Å². The van der Waals surface area contributed by atoms with Gasteiger partial charge < -0.3 is 5.32 Å². The monoisotopic (exact) mass is 284 g/mol. The van der Waals surface area contributed by atoms with Crippen molar-refractivity contribution in [2.75, 3.05) is 11.9 Å². The minimum absolute atomic E-state index is 0.323. The SMILES string of the molecule is Cc1ccnc(NCC(C)C(C)(C)C)c1Br. The standard InChI is InChI=1S/C13H21BrN2/c1-9-6-7-15-12(11(9)14)16-8-10(2)13(3,4)5/h6-7,10H,8H2,1-5H3,(H,15,16). The van der Waals surface area contributed by atoms with Gasteiger partial charge >= 0.3 is 0 Å². The number of hydrogen-bond donors (Lipinski definition) is 1. The predicted octanol–water partition coefficient (Wildman–Crippen LogP) is 4.25. The van der Waals surface area contributed by atoms with E-state index in [1.54, 1.807) is 0 Å². The first-order valence-corrected chi connectivity index (χ1v) is 6.46. The number of anilines is 1. The van der Waals surface area contributed by atoms with Crippen LogP contribution in [-0.2, 0) is 0 Å². The first kappa shape index (κ1) is 13.5. The molecule has 0 fully saturated rings. The molecule has 0 aliphatic heterocycles. The minimum Gasteiger partial charge on any atom is -0.369 e. The number of nitrogens with one attached hydrogen (secondary N) is 1. The smallest absolute Gasteiger partial charge is 0.140 e. The summed E-state index contributed by atoms with van der Waals surface area (Å²) in [7, 11) is 0. The maximum atomic E-state index is 4.34. The number of halogens is 1. The Hall–Kier alpha value is -0.570. The molecule has 0 aliphatic rings. The van der Waals surface area contributed by atoms with Gasteiger partial charge in [0.05, 0.1) is 4.47 Å². The van der Waals surface area contributed by atoms with Gasteiger partial charge in [0.2, 0.25) is 0 Å². The van der Waals surface area contributed by atoms with Crippen LogP contribution >= 0.6 is 15.9 Å². The summed E-state index contributed by atoms with van der Waals surface area (Å²) in [5, 5.41) is 3.40. The molecule has 90 valence electrons. The van der Waals surface area contributed by atoms with Crippen LogP contribution in [0.2, 0.25) is 0 Å². The van der Waals surface area contributed by atoms with Gasteiger partial charge in [-0.2, -0.15) is 0 Å². The molecular formula is C13H21BrN2. The average Bonchev–Trinajstić information content (AvgIpc) is 2.18. The summed E-state index contributed by atoms with van der Waals surface area (Å²) < 4.78 is 1.07. The molecule has 0 radical (unpaired) electrons. The van der Waals surface area contributed by atoms with E-state index in [0.717, 1.165) is 16.8 Å². The molecule has 1 aromatic heterocycles. The van der Waals surface area contributed by atoms with Crippen LogP contribution in [0.25, 0.3) is 0 Å². The molecule has 0 aromatic carbocycles.